The number of hydrogen-bond donors (Lipinski definition) is 2. The molecule has 2 unspecified atom stereocenters. The van der Waals surface area contributed by atoms with Crippen LogP contribution < -0.4 is 10.0 Å². The van der Waals surface area contributed by atoms with E-state index in [-0.39, 0.29) is 6.04 Å². The second-order valence-electron chi connectivity index (χ2n) is 6.22. The first-order valence-electron chi connectivity index (χ1n) is 7.69. The Morgan fingerprint density at radius 3 is 2.71 bits per heavy atom. The fourth-order valence-corrected chi connectivity index (χ4v) is 4.65. The highest BCUT2D eigenvalue weighted by molar-refractivity contribution is 7.89. The van der Waals surface area contributed by atoms with Gasteiger partial charge in [-0.2, -0.15) is 0 Å². The summed E-state index contributed by atoms with van der Waals surface area (Å²) in [7, 11) is -1.58. The summed E-state index contributed by atoms with van der Waals surface area (Å²) in [6.45, 7) is 4.71. The van der Waals surface area contributed by atoms with Crippen molar-refractivity contribution < 1.29 is 8.42 Å². The van der Waals surface area contributed by atoms with Crippen molar-refractivity contribution in [1.82, 2.24) is 10.0 Å². The topological polar surface area (TPSA) is 58.2 Å². The van der Waals surface area contributed by atoms with Crippen LogP contribution >= 0.6 is 0 Å². The number of rotatable bonds is 5. The molecule has 2 N–H and O–H groups in total. The van der Waals surface area contributed by atoms with E-state index in [0.717, 1.165) is 30.4 Å². The fraction of sp³-hybridized carbons (Fsp3) is 0.625. The number of sulfonamides is 1. The Morgan fingerprint density at radius 1 is 1.29 bits per heavy atom. The van der Waals surface area contributed by atoms with Gasteiger partial charge in [-0.1, -0.05) is 31.9 Å². The molecule has 4 nitrogen and oxygen atoms in total. The molecule has 1 aromatic carbocycles. The van der Waals surface area contributed by atoms with Crippen LogP contribution in [0, 0.1) is 12.8 Å². The molecule has 0 bridgehead atoms. The second-order valence-corrected chi connectivity index (χ2v) is 7.90. The Hall–Kier alpha value is -0.910. The van der Waals surface area contributed by atoms with Crippen molar-refractivity contribution in [2.75, 3.05) is 7.05 Å². The molecular formula is C16H26N2O2S. The molecule has 21 heavy (non-hydrogen) atoms. The lowest BCUT2D eigenvalue weighted by Gasteiger charge is -2.27. The zero-order valence-electron chi connectivity index (χ0n) is 13.1. The van der Waals surface area contributed by atoms with Gasteiger partial charge in [0.1, 0.15) is 0 Å². The van der Waals surface area contributed by atoms with Crippen LogP contribution in [0.2, 0.25) is 0 Å². The maximum atomic E-state index is 12.7. The summed E-state index contributed by atoms with van der Waals surface area (Å²) in [4.78, 5) is 0.411. The lowest BCUT2D eigenvalue weighted by molar-refractivity contribution is 0.327. The molecular weight excluding hydrogens is 284 g/mol. The molecule has 1 fully saturated rings. The average molecular weight is 310 g/mol. The number of hydrogen-bond acceptors (Lipinski definition) is 3. The van der Waals surface area contributed by atoms with Gasteiger partial charge in [0, 0.05) is 12.6 Å². The minimum Gasteiger partial charge on any atom is -0.316 e. The van der Waals surface area contributed by atoms with E-state index in [2.05, 4.69) is 17.0 Å². The highest BCUT2D eigenvalue weighted by Gasteiger charge is 2.25. The fourth-order valence-electron chi connectivity index (χ4n) is 3.07. The zero-order valence-corrected chi connectivity index (χ0v) is 14.0. The van der Waals surface area contributed by atoms with Crippen LogP contribution in [0.3, 0.4) is 0 Å². The van der Waals surface area contributed by atoms with Crippen LogP contribution in [0.15, 0.2) is 23.1 Å². The van der Waals surface area contributed by atoms with Crippen LogP contribution in [0.4, 0.5) is 0 Å². The third-order valence-corrected chi connectivity index (χ3v) is 5.84. The molecule has 0 heterocycles. The van der Waals surface area contributed by atoms with Crippen molar-refractivity contribution in [2.24, 2.45) is 5.92 Å². The van der Waals surface area contributed by atoms with Crippen LogP contribution in [0.1, 0.15) is 43.7 Å². The summed E-state index contributed by atoms with van der Waals surface area (Å²) in [5.74, 6) is 0.600. The van der Waals surface area contributed by atoms with Gasteiger partial charge in [-0.05, 0) is 49.9 Å². The molecule has 0 radical (unpaired) electrons. The van der Waals surface area contributed by atoms with Gasteiger partial charge in [0.05, 0.1) is 4.90 Å². The second kappa shape index (κ2) is 6.90. The largest absolute Gasteiger partial charge is 0.316 e. The Balaban J connectivity index is 2.20. The van der Waals surface area contributed by atoms with Crippen molar-refractivity contribution >= 4 is 10.0 Å². The van der Waals surface area contributed by atoms with E-state index in [1.807, 2.05) is 26.1 Å². The third-order valence-electron chi connectivity index (χ3n) is 4.18. The Labute approximate surface area is 128 Å². The lowest BCUT2D eigenvalue weighted by atomic mass is 9.88. The number of benzene rings is 1. The quantitative estimate of drug-likeness (QED) is 0.879. The van der Waals surface area contributed by atoms with Crippen molar-refractivity contribution in [3.8, 4) is 0 Å². The maximum Gasteiger partial charge on any atom is 0.241 e. The van der Waals surface area contributed by atoms with Crippen molar-refractivity contribution in [1.29, 1.82) is 0 Å². The first kappa shape index (κ1) is 16.5. The zero-order chi connectivity index (χ0) is 15.5. The van der Waals surface area contributed by atoms with Gasteiger partial charge < -0.3 is 5.32 Å². The standard InChI is InChI=1S/C16H26N2O2S/c1-12-5-4-6-15(9-12)18-21(19,20)16-10-14(11-17-3)8-7-13(16)2/h7-8,10,12,15,17-18H,4-6,9,11H2,1-3H3. The van der Waals surface area contributed by atoms with E-state index in [0.29, 0.717) is 17.4 Å². The summed E-state index contributed by atoms with van der Waals surface area (Å²) in [6, 6.07) is 5.70. The van der Waals surface area contributed by atoms with E-state index < -0.39 is 10.0 Å². The van der Waals surface area contributed by atoms with E-state index in [4.69, 9.17) is 0 Å². The molecule has 2 atom stereocenters. The Morgan fingerprint density at radius 2 is 2.05 bits per heavy atom. The number of aryl methyl sites for hydroxylation is 1. The van der Waals surface area contributed by atoms with Crippen LogP contribution in [0.5, 0.6) is 0 Å². The molecule has 1 saturated carbocycles. The van der Waals surface area contributed by atoms with Crippen molar-refractivity contribution in [3.63, 3.8) is 0 Å². The Kier molecular flexibility index (Phi) is 5.41. The normalized spacial score (nSPS) is 23.2. The van der Waals surface area contributed by atoms with Crippen molar-refractivity contribution in [2.45, 2.75) is 57.0 Å². The molecule has 1 aliphatic carbocycles. The van der Waals surface area contributed by atoms with Gasteiger partial charge in [-0.3, -0.25) is 0 Å². The van der Waals surface area contributed by atoms with Gasteiger partial charge in [0.25, 0.3) is 0 Å². The maximum absolute atomic E-state index is 12.7. The molecule has 0 amide bonds. The molecule has 1 aromatic rings. The van der Waals surface area contributed by atoms with Gasteiger partial charge in [0.15, 0.2) is 0 Å². The predicted molar refractivity (Wildman–Crippen MR) is 85.7 cm³/mol. The van der Waals surface area contributed by atoms with E-state index in [1.54, 1.807) is 6.07 Å². The lowest BCUT2D eigenvalue weighted by Crippen LogP contribution is -2.38. The van der Waals surface area contributed by atoms with Gasteiger partial charge >= 0.3 is 0 Å². The summed E-state index contributed by atoms with van der Waals surface area (Å²) in [5.41, 5.74) is 1.78. The molecule has 2 rings (SSSR count). The molecule has 0 spiro atoms. The van der Waals surface area contributed by atoms with Crippen LogP contribution in [-0.4, -0.2) is 21.5 Å². The minimum absolute atomic E-state index is 0.0751. The first-order valence-corrected chi connectivity index (χ1v) is 9.17. The highest BCUT2D eigenvalue weighted by atomic mass is 32.2. The van der Waals surface area contributed by atoms with Gasteiger partial charge in [-0.25, -0.2) is 13.1 Å². The smallest absolute Gasteiger partial charge is 0.241 e. The van der Waals surface area contributed by atoms with Gasteiger partial charge in [-0.15, -0.1) is 0 Å². The molecule has 0 aromatic heterocycles. The summed E-state index contributed by atoms with van der Waals surface area (Å²) < 4.78 is 28.2. The van der Waals surface area contributed by atoms with Crippen LogP contribution in [0.25, 0.3) is 0 Å². The molecule has 1 aliphatic rings. The van der Waals surface area contributed by atoms with E-state index in [9.17, 15) is 8.42 Å². The minimum atomic E-state index is -3.43. The molecule has 118 valence electrons. The van der Waals surface area contributed by atoms with Gasteiger partial charge in [0.2, 0.25) is 10.0 Å². The molecule has 0 aliphatic heterocycles. The monoisotopic (exact) mass is 310 g/mol. The molecule has 0 saturated heterocycles. The molecule has 5 heteroatoms. The van der Waals surface area contributed by atoms with Crippen LogP contribution in [-0.2, 0) is 16.6 Å². The predicted octanol–water partition coefficient (Wildman–Crippen LogP) is 2.57. The SMILES string of the molecule is CNCc1ccc(C)c(S(=O)(=O)NC2CCCC(C)C2)c1. The number of nitrogens with one attached hydrogen (secondary N) is 2. The average Bonchev–Trinajstić information content (AvgIpc) is 2.40. The Bertz CT molecular complexity index is 584. The van der Waals surface area contributed by atoms with Crippen molar-refractivity contribution in [3.05, 3.63) is 29.3 Å². The summed E-state index contributed by atoms with van der Waals surface area (Å²) in [5, 5.41) is 3.05. The highest BCUT2D eigenvalue weighted by Crippen LogP contribution is 2.25. The summed E-state index contributed by atoms with van der Waals surface area (Å²) in [6.07, 6.45) is 4.19. The first-order chi connectivity index (χ1) is 9.92. The summed E-state index contributed by atoms with van der Waals surface area (Å²) >= 11 is 0. The third kappa shape index (κ3) is 4.28. The van der Waals surface area contributed by atoms with E-state index in [1.165, 1.54) is 6.42 Å². The van der Waals surface area contributed by atoms with E-state index >= 15 is 0 Å².